The van der Waals surface area contributed by atoms with E-state index in [1.807, 2.05) is 23.9 Å². The highest BCUT2D eigenvalue weighted by Crippen LogP contribution is 2.23. The van der Waals surface area contributed by atoms with E-state index < -0.39 is 0 Å². The summed E-state index contributed by atoms with van der Waals surface area (Å²) in [5, 5.41) is 13.5. The summed E-state index contributed by atoms with van der Waals surface area (Å²) >= 11 is 0. The number of hydrogen-bond acceptors (Lipinski definition) is 6. The molecule has 0 atom stereocenters. The zero-order chi connectivity index (χ0) is 17.7. The minimum Gasteiger partial charge on any atom is -0.314 e. The molecular formula is C17H20N8O. The fourth-order valence-corrected chi connectivity index (χ4v) is 3.77. The third kappa shape index (κ3) is 2.17. The molecular weight excluding hydrogens is 332 g/mol. The SMILES string of the molecule is CCn1ncc2c1ncc1c(=O)n3nccc3n(CN3CCNCC3)c12. The van der Waals surface area contributed by atoms with Gasteiger partial charge in [-0.1, -0.05) is 0 Å². The van der Waals surface area contributed by atoms with Crippen LogP contribution in [0.3, 0.4) is 0 Å². The summed E-state index contributed by atoms with van der Waals surface area (Å²) in [7, 11) is 0. The van der Waals surface area contributed by atoms with Crippen molar-refractivity contribution in [1.82, 2.24) is 39.2 Å². The normalized spacial score (nSPS) is 16.2. The largest absolute Gasteiger partial charge is 0.314 e. The minimum absolute atomic E-state index is 0.143. The highest BCUT2D eigenvalue weighted by molar-refractivity contribution is 6.02. The molecule has 1 aliphatic heterocycles. The van der Waals surface area contributed by atoms with E-state index in [2.05, 4.69) is 30.0 Å². The number of aromatic nitrogens is 6. The van der Waals surface area contributed by atoms with Crippen LogP contribution in [-0.2, 0) is 13.2 Å². The number of aryl methyl sites for hydroxylation is 1. The van der Waals surface area contributed by atoms with Crippen LogP contribution in [0.2, 0.25) is 0 Å². The Labute approximate surface area is 148 Å². The van der Waals surface area contributed by atoms with E-state index in [9.17, 15) is 4.79 Å². The van der Waals surface area contributed by atoms with Crippen LogP contribution in [0.15, 0.2) is 29.5 Å². The van der Waals surface area contributed by atoms with E-state index in [-0.39, 0.29) is 5.56 Å². The van der Waals surface area contributed by atoms with E-state index in [1.165, 1.54) is 4.52 Å². The lowest BCUT2D eigenvalue weighted by atomic mass is 10.2. The Bertz CT molecular complexity index is 1160. The maximum Gasteiger partial charge on any atom is 0.283 e. The van der Waals surface area contributed by atoms with E-state index in [1.54, 1.807) is 12.4 Å². The first kappa shape index (κ1) is 15.5. The first-order valence-electron chi connectivity index (χ1n) is 8.92. The zero-order valence-electron chi connectivity index (χ0n) is 14.6. The summed E-state index contributed by atoms with van der Waals surface area (Å²) in [6.07, 6.45) is 5.14. The molecule has 0 saturated carbocycles. The molecule has 0 bridgehead atoms. The molecule has 1 saturated heterocycles. The second-order valence-corrected chi connectivity index (χ2v) is 6.56. The van der Waals surface area contributed by atoms with Gasteiger partial charge in [-0.3, -0.25) is 9.69 Å². The molecule has 0 aliphatic carbocycles. The maximum atomic E-state index is 12.9. The quantitative estimate of drug-likeness (QED) is 0.570. The summed E-state index contributed by atoms with van der Waals surface area (Å²) in [5.74, 6) is 0. The molecule has 0 radical (unpaired) electrons. The van der Waals surface area contributed by atoms with Crippen LogP contribution in [0, 0.1) is 0 Å². The van der Waals surface area contributed by atoms with Crippen molar-refractivity contribution in [3.63, 3.8) is 0 Å². The van der Waals surface area contributed by atoms with Gasteiger partial charge in [0.25, 0.3) is 5.56 Å². The second-order valence-electron chi connectivity index (χ2n) is 6.56. The fourth-order valence-electron chi connectivity index (χ4n) is 3.77. The Morgan fingerprint density at radius 1 is 1.15 bits per heavy atom. The summed E-state index contributed by atoms with van der Waals surface area (Å²) in [6.45, 7) is 7.35. The van der Waals surface area contributed by atoms with Crippen molar-refractivity contribution in [2.45, 2.75) is 20.1 Å². The van der Waals surface area contributed by atoms with Crippen molar-refractivity contribution >= 4 is 27.6 Å². The predicted octanol–water partition coefficient (Wildman–Crippen LogP) is 0.277. The smallest absolute Gasteiger partial charge is 0.283 e. The molecule has 5 rings (SSSR count). The molecule has 0 unspecified atom stereocenters. The molecule has 0 amide bonds. The number of nitrogens with one attached hydrogen (secondary N) is 1. The Balaban J connectivity index is 1.85. The van der Waals surface area contributed by atoms with Gasteiger partial charge in [0.2, 0.25) is 0 Å². The number of piperazine rings is 1. The topological polar surface area (TPSA) is 85.3 Å². The lowest BCUT2D eigenvalue weighted by Gasteiger charge is -2.29. The van der Waals surface area contributed by atoms with E-state index in [4.69, 9.17) is 0 Å². The fraction of sp³-hybridized carbons (Fsp3) is 0.412. The van der Waals surface area contributed by atoms with Crippen molar-refractivity contribution in [3.05, 3.63) is 35.0 Å². The second kappa shape index (κ2) is 5.89. The van der Waals surface area contributed by atoms with Crippen LogP contribution >= 0.6 is 0 Å². The van der Waals surface area contributed by atoms with Gasteiger partial charge in [0, 0.05) is 45.0 Å². The standard InChI is InChI=1S/C17H20N8O/c1-2-24-16-12(10-21-24)15-13(9-19-16)17(26)25-14(3-4-20-25)23(15)11-22-7-5-18-6-8-22/h3-4,9-10,18H,2,5-8,11H2,1H3. The van der Waals surface area contributed by atoms with Crippen molar-refractivity contribution in [3.8, 4) is 0 Å². The highest BCUT2D eigenvalue weighted by atomic mass is 16.1. The van der Waals surface area contributed by atoms with Crippen molar-refractivity contribution in [2.75, 3.05) is 26.2 Å². The van der Waals surface area contributed by atoms with Crippen LogP contribution in [0.5, 0.6) is 0 Å². The van der Waals surface area contributed by atoms with Gasteiger partial charge in [-0.15, -0.1) is 0 Å². The van der Waals surface area contributed by atoms with Gasteiger partial charge in [-0.2, -0.15) is 14.7 Å². The Kier molecular flexibility index (Phi) is 3.50. The first-order chi connectivity index (χ1) is 12.8. The van der Waals surface area contributed by atoms with Gasteiger partial charge in [-0.05, 0) is 6.92 Å². The Morgan fingerprint density at radius 2 is 2.00 bits per heavy atom. The zero-order valence-corrected chi connectivity index (χ0v) is 14.6. The third-order valence-corrected chi connectivity index (χ3v) is 5.08. The number of pyridine rings is 1. The minimum atomic E-state index is -0.143. The summed E-state index contributed by atoms with van der Waals surface area (Å²) in [6, 6.07) is 1.89. The third-order valence-electron chi connectivity index (χ3n) is 5.08. The predicted molar refractivity (Wildman–Crippen MR) is 98.2 cm³/mol. The van der Waals surface area contributed by atoms with Crippen LogP contribution in [-0.4, -0.2) is 60.0 Å². The summed E-state index contributed by atoms with van der Waals surface area (Å²) < 4.78 is 5.48. The molecule has 5 heterocycles. The molecule has 4 aromatic heterocycles. The highest BCUT2D eigenvalue weighted by Gasteiger charge is 2.19. The Morgan fingerprint density at radius 3 is 2.81 bits per heavy atom. The molecule has 1 N–H and O–H groups in total. The maximum absolute atomic E-state index is 12.9. The first-order valence-corrected chi connectivity index (χ1v) is 8.92. The van der Waals surface area contributed by atoms with E-state index in [0.29, 0.717) is 12.1 Å². The molecule has 0 aromatic carbocycles. The van der Waals surface area contributed by atoms with Crippen LogP contribution in [0.25, 0.3) is 27.6 Å². The van der Waals surface area contributed by atoms with E-state index in [0.717, 1.165) is 54.9 Å². The van der Waals surface area contributed by atoms with Gasteiger partial charge in [0.1, 0.15) is 5.65 Å². The van der Waals surface area contributed by atoms with Crippen LogP contribution < -0.4 is 10.9 Å². The summed E-state index contributed by atoms with van der Waals surface area (Å²) in [4.78, 5) is 19.8. The Hall–Kier alpha value is -2.78. The molecule has 0 spiro atoms. The average Bonchev–Trinajstić information content (AvgIpc) is 3.32. The average molecular weight is 352 g/mol. The van der Waals surface area contributed by atoms with Gasteiger partial charge in [0.15, 0.2) is 5.65 Å². The van der Waals surface area contributed by atoms with E-state index >= 15 is 0 Å². The molecule has 1 fully saturated rings. The molecule has 1 aliphatic rings. The molecule has 9 nitrogen and oxygen atoms in total. The van der Waals surface area contributed by atoms with Crippen LogP contribution in [0.4, 0.5) is 0 Å². The van der Waals surface area contributed by atoms with Crippen molar-refractivity contribution in [1.29, 1.82) is 0 Å². The lowest BCUT2D eigenvalue weighted by molar-refractivity contribution is 0.197. The monoisotopic (exact) mass is 352 g/mol. The van der Waals surface area contributed by atoms with Gasteiger partial charge in [-0.25, -0.2) is 9.67 Å². The summed E-state index contributed by atoms with van der Waals surface area (Å²) in [5.41, 5.74) is 2.33. The van der Waals surface area contributed by atoms with Gasteiger partial charge in [0.05, 0.1) is 35.4 Å². The molecule has 26 heavy (non-hydrogen) atoms. The lowest BCUT2D eigenvalue weighted by Crippen LogP contribution is -2.44. The molecule has 9 heteroatoms. The number of fused-ring (bicyclic) bond motifs is 4. The van der Waals surface area contributed by atoms with Crippen molar-refractivity contribution in [2.24, 2.45) is 0 Å². The number of nitrogens with zero attached hydrogens (tertiary/aromatic N) is 7. The van der Waals surface area contributed by atoms with Crippen LogP contribution in [0.1, 0.15) is 6.92 Å². The number of rotatable bonds is 3. The number of hydrogen-bond donors (Lipinski definition) is 1. The molecule has 4 aromatic rings. The van der Waals surface area contributed by atoms with Gasteiger partial charge >= 0.3 is 0 Å². The van der Waals surface area contributed by atoms with Crippen molar-refractivity contribution < 1.29 is 0 Å². The molecule has 134 valence electrons. The van der Waals surface area contributed by atoms with Gasteiger partial charge < -0.3 is 9.88 Å².